The van der Waals surface area contributed by atoms with Gasteiger partial charge in [-0.3, -0.25) is 0 Å². The smallest absolute Gasteiger partial charge is 0.475 e. The summed E-state index contributed by atoms with van der Waals surface area (Å²) < 4.78 is 31.7. The average molecular weight is 297 g/mol. The third-order valence-electron chi connectivity index (χ3n) is 3.76. The van der Waals surface area contributed by atoms with Crippen LogP contribution >= 0.6 is 0 Å². The molecule has 0 amide bonds. The van der Waals surface area contributed by atoms with Crippen LogP contribution in [0.1, 0.15) is 12.8 Å². The van der Waals surface area contributed by atoms with Crippen LogP contribution in [0.2, 0.25) is 0 Å². The van der Waals surface area contributed by atoms with Gasteiger partial charge in [-0.1, -0.05) is 0 Å². The zero-order valence-electron chi connectivity index (χ0n) is 11.3. The van der Waals surface area contributed by atoms with Crippen LogP contribution in [-0.4, -0.2) is 61.4 Å². The number of alkyl halides is 3. The number of halogens is 3. The quantitative estimate of drug-likeness (QED) is 0.692. The molecule has 5 nitrogen and oxygen atoms in total. The Labute approximate surface area is 116 Å². The molecule has 2 fully saturated rings. The van der Waals surface area contributed by atoms with E-state index in [9.17, 15) is 13.2 Å². The molecule has 0 aromatic rings. The third kappa shape index (κ3) is 5.64. The normalized spacial score (nSPS) is 27.2. The van der Waals surface area contributed by atoms with E-state index in [1.54, 1.807) is 0 Å². The summed E-state index contributed by atoms with van der Waals surface area (Å²) in [5.41, 5.74) is 5.57. The molecule has 0 saturated carbocycles. The van der Waals surface area contributed by atoms with Gasteiger partial charge >= 0.3 is 12.1 Å². The zero-order valence-corrected chi connectivity index (χ0v) is 11.3. The number of fused-ring (bicyclic) bond motifs is 1. The SMILES string of the molecule is NCCN1CCC2CCNCC2C1.O=C(O)C(F)(F)F. The van der Waals surface area contributed by atoms with E-state index >= 15 is 0 Å². The summed E-state index contributed by atoms with van der Waals surface area (Å²) in [4.78, 5) is 11.4. The molecule has 0 aliphatic carbocycles. The molecule has 8 heteroatoms. The molecule has 0 bridgehead atoms. The van der Waals surface area contributed by atoms with Gasteiger partial charge < -0.3 is 21.1 Å². The molecule has 2 aliphatic heterocycles. The molecule has 2 heterocycles. The van der Waals surface area contributed by atoms with Gasteiger partial charge in [0.05, 0.1) is 0 Å². The van der Waals surface area contributed by atoms with Crippen LogP contribution in [0.4, 0.5) is 13.2 Å². The van der Waals surface area contributed by atoms with E-state index in [0.717, 1.165) is 24.9 Å². The van der Waals surface area contributed by atoms with E-state index in [1.165, 1.54) is 39.0 Å². The van der Waals surface area contributed by atoms with Crippen molar-refractivity contribution in [2.75, 3.05) is 39.3 Å². The van der Waals surface area contributed by atoms with Crippen LogP contribution < -0.4 is 11.1 Å². The number of aliphatic carboxylic acids is 1. The van der Waals surface area contributed by atoms with Crippen molar-refractivity contribution in [2.24, 2.45) is 17.6 Å². The fourth-order valence-corrected chi connectivity index (χ4v) is 2.73. The summed E-state index contributed by atoms with van der Waals surface area (Å²) in [6, 6.07) is 0. The van der Waals surface area contributed by atoms with Crippen molar-refractivity contribution < 1.29 is 23.1 Å². The van der Waals surface area contributed by atoms with Crippen LogP contribution in [0.25, 0.3) is 0 Å². The second-order valence-corrected chi connectivity index (χ2v) is 5.19. The standard InChI is InChI=1S/C10H21N3.C2HF3O2/c11-3-6-13-5-2-9-1-4-12-7-10(9)8-13;3-2(4,5)1(6)7/h9-10,12H,1-8,11H2;(H,6,7). The number of hydrogen-bond donors (Lipinski definition) is 3. The lowest BCUT2D eigenvalue weighted by Crippen LogP contribution is -2.49. The molecule has 4 N–H and O–H groups in total. The Kier molecular flexibility index (Phi) is 6.70. The Balaban J connectivity index is 0.000000246. The molecular weight excluding hydrogens is 275 g/mol. The fraction of sp³-hybridized carbons (Fsp3) is 0.917. The lowest BCUT2D eigenvalue weighted by atomic mass is 9.81. The number of carboxylic acids is 1. The minimum atomic E-state index is -5.08. The van der Waals surface area contributed by atoms with Gasteiger partial charge in [-0.05, 0) is 44.3 Å². The van der Waals surface area contributed by atoms with Gasteiger partial charge in [0.1, 0.15) is 0 Å². The predicted molar refractivity (Wildman–Crippen MR) is 68.3 cm³/mol. The summed E-state index contributed by atoms with van der Waals surface area (Å²) in [6.07, 6.45) is -2.30. The van der Waals surface area contributed by atoms with Gasteiger partial charge in [-0.25, -0.2) is 4.79 Å². The van der Waals surface area contributed by atoms with E-state index in [4.69, 9.17) is 15.6 Å². The lowest BCUT2D eigenvalue weighted by Gasteiger charge is -2.41. The summed E-state index contributed by atoms with van der Waals surface area (Å²) >= 11 is 0. The average Bonchev–Trinajstić information content (AvgIpc) is 2.38. The van der Waals surface area contributed by atoms with Crippen molar-refractivity contribution in [3.8, 4) is 0 Å². The van der Waals surface area contributed by atoms with Gasteiger partial charge in [0.15, 0.2) is 0 Å². The Hall–Kier alpha value is -0.860. The van der Waals surface area contributed by atoms with E-state index in [0.29, 0.717) is 0 Å². The van der Waals surface area contributed by atoms with Crippen molar-refractivity contribution in [3.05, 3.63) is 0 Å². The number of nitrogens with zero attached hydrogens (tertiary/aromatic N) is 1. The number of nitrogens with two attached hydrogens (primary N) is 1. The van der Waals surface area contributed by atoms with Crippen LogP contribution in [-0.2, 0) is 4.79 Å². The second kappa shape index (κ2) is 7.80. The van der Waals surface area contributed by atoms with Gasteiger partial charge in [0, 0.05) is 19.6 Å². The zero-order chi connectivity index (χ0) is 15.2. The number of carboxylic acid groups (broad SMARTS) is 1. The fourth-order valence-electron chi connectivity index (χ4n) is 2.73. The van der Waals surface area contributed by atoms with E-state index in [1.807, 2.05) is 0 Å². The van der Waals surface area contributed by atoms with Crippen LogP contribution in [0, 0.1) is 11.8 Å². The number of piperidine rings is 2. The molecule has 2 atom stereocenters. The summed E-state index contributed by atoms with van der Waals surface area (Å²) in [5, 5.41) is 10.6. The summed E-state index contributed by atoms with van der Waals surface area (Å²) in [7, 11) is 0. The minimum absolute atomic E-state index is 0.810. The van der Waals surface area contributed by atoms with Crippen LogP contribution in [0.5, 0.6) is 0 Å². The first-order valence-electron chi connectivity index (χ1n) is 6.78. The van der Waals surface area contributed by atoms with Gasteiger partial charge in [-0.2, -0.15) is 13.2 Å². The van der Waals surface area contributed by atoms with Gasteiger partial charge in [0.25, 0.3) is 0 Å². The van der Waals surface area contributed by atoms with E-state index in [2.05, 4.69) is 10.2 Å². The molecular formula is C12H22F3N3O2. The Morgan fingerprint density at radius 3 is 2.55 bits per heavy atom. The third-order valence-corrected chi connectivity index (χ3v) is 3.76. The maximum absolute atomic E-state index is 10.6. The number of nitrogens with one attached hydrogen (secondary N) is 1. The van der Waals surface area contributed by atoms with Gasteiger partial charge in [0.2, 0.25) is 0 Å². The number of likely N-dealkylation sites (tertiary alicyclic amines) is 1. The Morgan fingerprint density at radius 2 is 2.00 bits per heavy atom. The summed E-state index contributed by atoms with van der Waals surface area (Å²) in [6.45, 7) is 6.91. The van der Waals surface area contributed by atoms with Crippen molar-refractivity contribution in [2.45, 2.75) is 19.0 Å². The first kappa shape index (κ1) is 17.2. The highest BCUT2D eigenvalue weighted by Crippen LogP contribution is 2.27. The van der Waals surface area contributed by atoms with Crippen LogP contribution in [0.3, 0.4) is 0 Å². The van der Waals surface area contributed by atoms with Crippen LogP contribution in [0.15, 0.2) is 0 Å². The maximum Gasteiger partial charge on any atom is 0.490 e. The molecule has 0 radical (unpaired) electrons. The highest BCUT2D eigenvalue weighted by atomic mass is 19.4. The van der Waals surface area contributed by atoms with Crippen molar-refractivity contribution in [3.63, 3.8) is 0 Å². The number of hydrogen-bond acceptors (Lipinski definition) is 4. The highest BCUT2D eigenvalue weighted by molar-refractivity contribution is 5.73. The number of carbonyl (C=O) groups is 1. The molecule has 2 unspecified atom stereocenters. The molecule has 2 rings (SSSR count). The van der Waals surface area contributed by atoms with E-state index < -0.39 is 12.1 Å². The predicted octanol–water partition coefficient (Wildman–Crippen LogP) is 0.510. The lowest BCUT2D eigenvalue weighted by molar-refractivity contribution is -0.192. The highest BCUT2D eigenvalue weighted by Gasteiger charge is 2.38. The molecule has 0 aromatic heterocycles. The molecule has 2 saturated heterocycles. The largest absolute Gasteiger partial charge is 0.490 e. The minimum Gasteiger partial charge on any atom is -0.475 e. The molecule has 2 aliphatic rings. The monoisotopic (exact) mass is 297 g/mol. The van der Waals surface area contributed by atoms with Crippen molar-refractivity contribution in [1.29, 1.82) is 0 Å². The van der Waals surface area contributed by atoms with Crippen molar-refractivity contribution >= 4 is 5.97 Å². The first-order valence-corrected chi connectivity index (χ1v) is 6.78. The first-order chi connectivity index (χ1) is 9.34. The maximum atomic E-state index is 10.6. The summed E-state index contributed by atoms with van der Waals surface area (Å²) in [5.74, 6) is -0.864. The van der Waals surface area contributed by atoms with Crippen molar-refractivity contribution in [1.82, 2.24) is 10.2 Å². The topological polar surface area (TPSA) is 78.6 Å². The second-order valence-electron chi connectivity index (χ2n) is 5.19. The van der Waals surface area contributed by atoms with Gasteiger partial charge in [-0.15, -0.1) is 0 Å². The Morgan fingerprint density at radius 1 is 1.35 bits per heavy atom. The van der Waals surface area contributed by atoms with E-state index in [-0.39, 0.29) is 0 Å². The Bertz CT molecular complexity index is 313. The molecule has 20 heavy (non-hydrogen) atoms. The number of rotatable bonds is 2. The molecule has 0 aromatic carbocycles. The molecule has 0 spiro atoms. The molecule has 118 valence electrons.